The highest BCUT2D eigenvalue weighted by Crippen LogP contribution is 2.58. The minimum Gasteiger partial charge on any atom is -0.328 e. The molecule has 0 N–H and O–H groups in total. The molecule has 2 aliphatic rings. The van der Waals surface area contributed by atoms with Gasteiger partial charge in [0, 0.05) is 31.2 Å². The molecule has 1 fully saturated rings. The summed E-state index contributed by atoms with van der Waals surface area (Å²) < 4.78 is 42.8. The van der Waals surface area contributed by atoms with Gasteiger partial charge in [0.25, 0.3) is 0 Å². The third-order valence-corrected chi connectivity index (χ3v) is 4.53. The predicted octanol–water partition coefficient (Wildman–Crippen LogP) is 2.85. The lowest BCUT2D eigenvalue weighted by Crippen LogP contribution is -2.51. The van der Waals surface area contributed by atoms with E-state index in [4.69, 9.17) is 0 Å². The summed E-state index contributed by atoms with van der Waals surface area (Å²) in [5.74, 6) is 0. The van der Waals surface area contributed by atoms with Crippen molar-refractivity contribution in [3.63, 3.8) is 0 Å². The minimum atomic E-state index is -4.33. The van der Waals surface area contributed by atoms with E-state index >= 15 is 0 Å². The normalized spacial score (nSPS) is 22.1. The molecule has 0 aromatic carbocycles. The summed E-state index contributed by atoms with van der Waals surface area (Å²) in [6, 6.07) is 3.38. The van der Waals surface area contributed by atoms with E-state index in [1.54, 1.807) is 42.5 Å². The van der Waals surface area contributed by atoms with Gasteiger partial charge in [0.15, 0.2) is 6.17 Å². The summed E-state index contributed by atoms with van der Waals surface area (Å²) in [5, 5.41) is 4.07. The van der Waals surface area contributed by atoms with Gasteiger partial charge >= 0.3 is 6.18 Å². The number of nitrogens with zero attached hydrogens (tertiary/aromatic N) is 5. The van der Waals surface area contributed by atoms with Gasteiger partial charge in [-0.05, 0) is 25.0 Å². The zero-order valence-electron chi connectivity index (χ0n) is 12.3. The Labute approximate surface area is 130 Å². The van der Waals surface area contributed by atoms with Crippen LogP contribution in [0.2, 0.25) is 0 Å². The van der Waals surface area contributed by atoms with Gasteiger partial charge in [0.05, 0.1) is 17.6 Å². The molecule has 0 amide bonds. The van der Waals surface area contributed by atoms with Gasteiger partial charge in [-0.25, -0.2) is 0 Å². The summed E-state index contributed by atoms with van der Waals surface area (Å²) >= 11 is 0. The fourth-order valence-corrected chi connectivity index (χ4v) is 3.15. The van der Waals surface area contributed by atoms with Crippen LogP contribution in [-0.2, 0) is 7.05 Å². The van der Waals surface area contributed by atoms with Crippen LogP contribution in [0.3, 0.4) is 0 Å². The van der Waals surface area contributed by atoms with Crippen molar-refractivity contribution >= 4 is 11.9 Å². The van der Waals surface area contributed by atoms with Gasteiger partial charge in [0.1, 0.15) is 5.54 Å². The molecule has 0 spiro atoms. The second-order valence-corrected chi connectivity index (χ2v) is 5.87. The molecule has 0 bridgehead atoms. The van der Waals surface area contributed by atoms with Crippen LogP contribution in [-0.4, -0.2) is 32.7 Å². The van der Waals surface area contributed by atoms with E-state index in [2.05, 4.69) is 15.1 Å². The molecule has 4 rings (SSSR count). The molecule has 0 radical (unpaired) electrons. The summed E-state index contributed by atoms with van der Waals surface area (Å²) in [7, 11) is 1.70. The summed E-state index contributed by atoms with van der Waals surface area (Å²) in [5.41, 5.74) is -0.152. The number of halogens is 3. The lowest BCUT2D eigenvalue weighted by atomic mass is 10.1. The Morgan fingerprint density at radius 3 is 2.61 bits per heavy atom. The largest absolute Gasteiger partial charge is 0.411 e. The van der Waals surface area contributed by atoms with Crippen molar-refractivity contribution in [2.45, 2.75) is 30.7 Å². The smallest absolute Gasteiger partial charge is 0.328 e. The average Bonchev–Trinajstić information content (AvgIpc) is 3.23. The fourth-order valence-electron chi connectivity index (χ4n) is 3.15. The quantitative estimate of drug-likeness (QED) is 0.854. The molecule has 3 heterocycles. The monoisotopic (exact) mass is 321 g/mol. The van der Waals surface area contributed by atoms with Crippen LogP contribution in [0, 0.1) is 0 Å². The van der Waals surface area contributed by atoms with Crippen molar-refractivity contribution in [3.05, 3.63) is 42.0 Å². The number of rotatable bonds is 2. The van der Waals surface area contributed by atoms with Crippen molar-refractivity contribution < 1.29 is 13.2 Å². The number of hydrogen-bond acceptors (Lipinski definition) is 4. The highest BCUT2D eigenvalue weighted by molar-refractivity contribution is 5.90. The summed E-state index contributed by atoms with van der Waals surface area (Å²) in [6.45, 7) is 0. The van der Waals surface area contributed by atoms with Gasteiger partial charge in [-0.15, -0.1) is 0 Å². The van der Waals surface area contributed by atoms with E-state index in [0.717, 1.165) is 0 Å². The Morgan fingerprint density at radius 1 is 1.22 bits per heavy atom. The Kier molecular flexibility index (Phi) is 2.82. The van der Waals surface area contributed by atoms with Crippen LogP contribution in [0.5, 0.6) is 0 Å². The van der Waals surface area contributed by atoms with E-state index in [1.165, 1.54) is 11.1 Å². The molecule has 5 nitrogen and oxygen atoms in total. The maximum atomic E-state index is 13.8. The van der Waals surface area contributed by atoms with E-state index in [9.17, 15) is 13.2 Å². The molecule has 1 atom stereocenters. The topological polar surface area (TPSA) is 46.3 Å². The standard InChI is InChI=1S/C15H14F3N5/c1-22-11(3-7-21-22)13-20-8-10-2-6-19-9-12(10)23(13)14(4-5-14)15(16,17)18/h2-3,6-9,13H,4-5H2,1H3. The maximum Gasteiger partial charge on any atom is 0.411 e. The lowest BCUT2D eigenvalue weighted by molar-refractivity contribution is -0.159. The average molecular weight is 321 g/mol. The fraction of sp³-hybridized carbons (Fsp3) is 0.400. The zero-order valence-corrected chi connectivity index (χ0v) is 12.3. The van der Waals surface area contributed by atoms with Crippen LogP contribution >= 0.6 is 0 Å². The molecule has 1 aliphatic heterocycles. The number of aryl methyl sites for hydroxylation is 1. The summed E-state index contributed by atoms with van der Waals surface area (Å²) in [6.07, 6.45) is 1.25. The Hall–Kier alpha value is -2.38. The molecule has 2 aromatic rings. The molecule has 8 heteroatoms. The zero-order chi connectivity index (χ0) is 16.2. The number of aliphatic imine (C=N–C) groups is 1. The molecule has 2 aromatic heterocycles. The van der Waals surface area contributed by atoms with Crippen molar-refractivity contribution in [2.75, 3.05) is 4.90 Å². The van der Waals surface area contributed by atoms with Gasteiger partial charge in [-0.3, -0.25) is 14.7 Å². The van der Waals surface area contributed by atoms with E-state index in [-0.39, 0.29) is 12.8 Å². The van der Waals surface area contributed by atoms with Gasteiger partial charge in [-0.1, -0.05) is 0 Å². The number of pyridine rings is 1. The molecule has 120 valence electrons. The first-order chi connectivity index (χ1) is 10.9. The molecule has 1 saturated carbocycles. The Morgan fingerprint density at radius 2 is 2.00 bits per heavy atom. The van der Waals surface area contributed by atoms with Crippen molar-refractivity contribution in [2.24, 2.45) is 12.0 Å². The van der Waals surface area contributed by atoms with E-state index in [1.807, 2.05) is 0 Å². The van der Waals surface area contributed by atoms with Crippen LogP contribution in [0.4, 0.5) is 18.9 Å². The van der Waals surface area contributed by atoms with Gasteiger partial charge in [0.2, 0.25) is 0 Å². The first-order valence-electron chi connectivity index (χ1n) is 7.25. The maximum absolute atomic E-state index is 13.8. The number of alkyl halides is 3. The molecule has 0 saturated heterocycles. The predicted molar refractivity (Wildman–Crippen MR) is 78.3 cm³/mol. The van der Waals surface area contributed by atoms with Gasteiger partial charge < -0.3 is 4.90 Å². The third-order valence-electron chi connectivity index (χ3n) is 4.53. The van der Waals surface area contributed by atoms with Crippen molar-refractivity contribution in [1.82, 2.24) is 14.8 Å². The Balaban J connectivity index is 1.89. The first-order valence-corrected chi connectivity index (χ1v) is 7.25. The SMILES string of the molecule is Cn1nccc1C1N=Cc2ccncc2N1C1(C(F)(F)F)CC1. The van der Waals surface area contributed by atoms with Crippen LogP contribution in [0.25, 0.3) is 0 Å². The number of anilines is 1. The Bertz CT molecular complexity index is 775. The highest BCUT2D eigenvalue weighted by atomic mass is 19.4. The third kappa shape index (κ3) is 1.97. The highest BCUT2D eigenvalue weighted by Gasteiger charge is 2.69. The van der Waals surface area contributed by atoms with Crippen LogP contribution < -0.4 is 4.90 Å². The van der Waals surface area contributed by atoms with Crippen molar-refractivity contribution in [3.8, 4) is 0 Å². The van der Waals surface area contributed by atoms with Crippen LogP contribution in [0.1, 0.15) is 30.3 Å². The van der Waals surface area contributed by atoms with Gasteiger partial charge in [-0.2, -0.15) is 18.3 Å². The van der Waals surface area contributed by atoms with Crippen LogP contribution in [0.15, 0.2) is 35.7 Å². The molecule has 23 heavy (non-hydrogen) atoms. The second kappa shape index (κ2) is 4.56. The molecular weight excluding hydrogens is 307 g/mol. The molecular formula is C15H14F3N5. The number of hydrogen-bond donors (Lipinski definition) is 0. The second-order valence-electron chi connectivity index (χ2n) is 5.87. The van der Waals surface area contributed by atoms with E-state index < -0.39 is 17.9 Å². The van der Waals surface area contributed by atoms with E-state index in [0.29, 0.717) is 16.9 Å². The summed E-state index contributed by atoms with van der Waals surface area (Å²) in [4.78, 5) is 9.77. The number of aromatic nitrogens is 3. The first kappa shape index (κ1) is 14.2. The van der Waals surface area contributed by atoms with Crippen molar-refractivity contribution in [1.29, 1.82) is 0 Å². The number of fused-ring (bicyclic) bond motifs is 1. The minimum absolute atomic E-state index is 0.0642. The lowest BCUT2D eigenvalue weighted by Gasteiger charge is -2.41. The molecule has 1 unspecified atom stereocenters. The molecule has 1 aliphatic carbocycles.